The van der Waals surface area contributed by atoms with Crippen LogP contribution in [0.25, 0.3) is 5.57 Å². The molecule has 1 unspecified atom stereocenters. The minimum Gasteiger partial charge on any atom is -0.147 e. The van der Waals surface area contributed by atoms with E-state index in [0.717, 1.165) is 25.7 Å². The van der Waals surface area contributed by atoms with Crippen LogP contribution in [0.3, 0.4) is 0 Å². The molecule has 0 N–H and O–H groups in total. The van der Waals surface area contributed by atoms with Gasteiger partial charge in [-0.05, 0) is 0 Å². The van der Waals surface area contributed by atoms with Gasteiger partial charge in [0.1, 0.15) is 0 Å². The normalized spacial score (nSPS) is 15.7. The molecule has 2 aromatic rings. The third-order valence-electron chi connectivity index (χ3n) is 5.73. The second kappa shape index (κ2) is 10.5. The molecule has 9 heteroatoms. The van der Waals surface area contributed by atoms with Crippen LogP contribution in [-0.4, -0.2) is 0 Å². The van der Waals surface area contributed by atoms with Crippen molar-refractivity contribution in [3.8, 4) is 0 Å². The van der Waals surface area contributed by atoms with E-state index in [1.807, 2.05) is 19.1 Å². The minimum atomic E-state index is -2.16. The Morgan fingerprint density at radius 2 is 1.29 bits per heavy atom. The van der Waals surface area contributed by atoms with Crippen molar-refractivity contribution in [2.24, 2.45) is 5.92 Å². The molecule has 1 nitrogen and oxygen atoms in total. The Bertz CT molecular complexity index is 1040. The van der Waals surface area contributed by atoms with Crippen molar-refractivity contribution in [2.45, 2.75) is 34.2 Å². The first-order valence-electron chi connectivity index (χ1n) is 9.04. The second-order valence-electron chi connectivity index (χ2n) is 7.23. The molecule has 0 heterocycles. The van der Waals surface area contributed by atoms with Gasteiger partial charge >= 0.3 is 179 Å². The summed E-state index contributed by atoms with van der Waals surface area (Å²) in [6.07, 6.45) is 0. The van der Waals surface area contributed by atoms with E-state index in [2.05, 4.69) is 20.8 Å². The van der Waals surface area contributed by atoms with E-state index in [-0.39, 0.29) is 37.3 Å². The zero-order chi connectivity index (χ0) is 21.6. The number of rotatable bonds is 4. The molecule has 167 valence electrons. The summed E-state index contributed by atoms with van der Waals surface area (Å²) in [7, 11) is 0. The molecule has 1 aliphatic carbocycles. The number of allylic oxidation sites excluding steroid dienone is 4. The predicted molar refractivity (Wildman–Crippen MR) is 113 cm³/mol. The summed E-state index contributed by atoms with van der Waals surface area (Å²) in [6.45, 7) is 8.23. The van der Waals surface area contributed by atoms with Crippen LogP contribution in [0.15, 0.2) is 41.0 Å². The molecule has 0 saturated heterocycles. The van der Waals surface area contributed by atoms with Crippen LogP contribution in [0, 0.1) is 35.0 Å². The molecule has 0 radical (unpaired) electrons. The molecule has 0 amide bonds. The van der Waals surface area contributed by atoms with Crippen molar-refractivity contribution >= 4 is 36.1 Å². The van der Waals surface area contributed by atoms with Gasteiger partial charge in [-0.3, -0.25) is 0 Å². The number of anilines is 1. The maximum atomic E-state index is 14.2. The van der Waals surface area contributed by atoms with Gasteiger partial charge in [-0.25, -0.2) is 0 Å². The van der Waals surface area contributed by atoms with Crippen molar-refractivity contribution in [3.05, 3.63) is 81.2 Å². The second-order valence-corrected chi connectivity index (χ2v) is 8.07. The predicted octanol–water partition coefficient (Wildman–Crippen LogP) is 7.45. The number of halogens is 7. The molecule has 0 fully saturated rings. The van der Waals surface area contributed by atoms with E-state index >= 15 is 0 Å². The smallest absolute Gasteiger partial charge is 0.147 e. The van der Waals surface area contributed by atoms with Gasteiger partial charge in [-0.15, -0.1) is 24.8 Å². The fourth-order valence-corrected chi connectivity index (χ4v) is 4.37. The molecular formula is C22H21Cl2F5NTi. The SMILES string of the molecule is CC1=C(C)C(C)C(c2ccccc2C[N]([Ti])c2c(F)c(F)c(F)c(F)c2F)=C1C.Cl.Cl. The standard InChI is InChI=1S/C22H19F5N.2ClH.Ti/c1-10-11(2)13(4)16(12(10)3)15-8-6-5-7-14(15)9-28-22-20(26)18(24)17(23)19(25)21(22)27;;;/h5-8,12H,9H2,1-4H3;2*1H;/q-1;;;+1. The first-order valence-corrected chi connectivity index (χ1v) is 9.74. The van der Waals surface area contributed by atoms with Gasteiger partial charge in [0.2, 0.25) is 0 Å². The van der Waals surface area contributed by atoms with Gasteiger partial charge in [0.15, 0.2) is 0 Å². The first-order chi connectivity index (χ1) is 13.6. The van der Waals surface area contributed by atoms with E-state index in [0.29, 0.717) is 0 Å². The molecule has 1 atom stereocenters. The van der Waals surface area contributed by atoms with Crippen molar-refractivity contribution < 1.29 is 42.6 Å². The Balaban J connectivity index is 0.00000240. The fraction of sp³-hybridized carbons (Fsp3) is 0.273. The maximum absolute atomic E-state index is 14.2. The van der Waals surface area contributed by atoms with E-state index < -0.39 is 34.8 Å². The van der Waals surface area contributed by atoms with Crippen LogP contribution in [0.1, 0.15) is 38.8 Å². The van der Waals surface area contributed by atoms with Gasteiger partial charge in [0, 0.05) is 0 Å². The van der Waals surface area contributed by atoms with Crippen molar-refractivity contribution in [2.75, 3.05) is 3.38 Å². The zero-order valence-corrected chi connectivity index (χ0v) is 20.4. The summed E-state index contributed by atoms with van der Waals surface area (Å²) in [5.74, 6) is -9.54. The third-order valence-corrected chi connectivity index (χ3v) is 6.33. The van der Waals surface area contributed by atoms with Gasteiger partial charge in [0.05, 0.1) is 0 Å². The van der Waals surface area contributed by atoms with E-state index in [9.17, 15) is 22.0 Å². The zero-order valence-electron chi connectivity index (χ0n) is 17.2. The Hall–Kier alpha value is -1.34. The van der Waals surface area contributed by atoms with Gasteiger partial charge < -0.3 is 0 Å². The Kier molecular flexibility index (Phi) is 9.40. The molecule has 3 rings (SSSR count). The van der Waals surface area contributed by atoms with Crippen LogP contribution in [0.4, 0.5) is 27.6 Å². The topological polar surface area (TPSA) is 3.24 Å². The first kappa shape index (κ1) is 27.7. The van der Waals surface area contributed by atoms with E-state index in [1.165, 1.54) is 31.8 Å². The quantitative estimate of drug-likeness (QED) is 0.178. The molecule has 0 spiro atoms. The van der Waals surface area contributed by atoms with Crippen LogP contribution in [0.5, 0.6) is 0 Å². The fourth-order valence-electron chi connectivity index (χ4n) is 3.80. The number of hydrogen-bond donors (Lipinski definition) is 0. The molecule has 0 aromatic heterocycles. The van der Waals surface area contributed by atoms with Crippen LogP contribution in [-0.2, 0) is 27.2 Å². The van der Waals surface area contributed by atoms with Gasteiger partial charge in [0.25, 0.3) is 0 Å². The summed E-state index contributed by atoms with van der Waals surface area (Å²) in [4.78, 5) is 0. The van der Waals surface area contributed by atoms with Crippen molar-refractivity contribution in [1.82, 2.24) is 0 Å². The third kappa shape index (κ3) is 4.73. The van der Waals surface area contributed by atoms with Crippen LogP contribution in [0.2, 0.25) is 0 Å². The summed E-state index contributed by atoms with van der Waals surface area (Å²) in [6, 6.07) is 7.37. The molecule has 0 bridgehead atoms. The summed E-state index contributed by atoms with van der Waals surface area (Å²) in [5.41, 5.74) is 5.41. The summed E-state index contributed by atoms with van der Waals surface area (Å²) < 4.78 is 70.1. The average Bonchev–Trinajstić information content (AvgIpc) is 2.88. The Morgan fingerprint density at radius 1 is 0.806 bits per heavy atom. The number of benzene rings is 2. The van der Waals surface area contributed by atoms with Gasteiger partial charge in [-0.2, -0.15) is 0 Å². The van der Waals surface area contributed by atoms with E-state index in [4.69, 9.17) is 0 Å². The Labute approximate surface area is 202 Å². The summed E-state index contributed by atoms with van der Waals surface area (Å²) in [5, 5.41) is 0. The molecular weight excluding hydrogens is 492 g/mol. The molecule has 0 saturated carbocycles. The molecule has 0 aliphatic heterocycles. The van der Waals surface area contributed by atoms with Crippen LogP contribution >= 0.6 is 24.8 Å². The molecule has 1 aliphatic rings. The monoisotopic (exact) mass is 512 g/mol. The van der Waals surface area contributed by atoms with Crippen LogP contribution < -0.4 is 3.38 Å². The largest absolute Gasteiger partial charge is 0.147 e. The minimum absolute atomic E-state index is 0. The summed E-state index contributed by atoms with van der Waals surface area (Å²) >= 11 is 1.31. The molecule has 31 heavy (non-hydrogen) atoms. The number of hydrogen-bond acceptors (Lipinski definition) is 1. The van der Waals surface area contributed by atoms with Gasteiger partial charge in [-0.1, -0.05) is 0 Å². The molecule has 2 aromatic carbocycles. The van der Waals surface area contributed by atoms with E-state index in [1.54, 1.807) is 12.1 Å². The number of nitrogens with zero attached hydrogens (tertiary/aromatic N) is 1. The average molecular weight is 513 g/mol. The van der Waals surface area contributed by atoms with Crippen molar-refractivity contribution in [3.63, 3.8) is 0 Å². The Morgan fingerprint density at radius 3 is 1.77 bits per heavy atom. The van der Waals surface area contributed by atoms with Crippen molar-refractivity contribution in [1.29, 1.82) is 0 Å². The maximum Gasteiger partial charge on any atom is -0.147 e.